The molecule has 2 aromatic heterocycles. The molecule has 0 bridgehead atoms. The van der Waals surface area contributed by atoms with Crippen LogP contribution in [0.2, 0.25) is 0 Å². The normalized spacial score (nSPS) is 14.3. The molecule has 3 aromatic rings. The molecule has 1 aliphatic heterocycles. The summed E-state index contributed by atoms with van der Waals surface area (Å²) in [6.07, 6.45) is 5.59. The van der Waals surface area contributed by atoms with Crippen LogP contribution in [0.5, 0.6) is 0 Å². The van der Waals surface area contributed by atoms with Gasteiger partial charge in [-0.25, -0.2) is 23.7 Å². The van der Waals surface area contributed by atoms with Crippen molar-refractivity contribution in [1.29, 1.82) is 0 Å². The third-order valence-corrected chi connectivity index (χ3v) is 4.71. The molecular formula is C21H25F2N5O. The molecule has 0 amide bonds. The number of hydrogen-bond donors (Lipinski definition) is 1. The Morgan fingerprint density at radius 3 is 2.45 bits per heavy atom. The molecule has 2 N–H and O–H groups in total. The Bertz CT molecular complexity index is 908. The van der Waals surface area contributed by atoms with Crippen molar-refractivity contribution in [2.75, 3.05) is 25.6 Å². The molecule has 1 saturated heterocycles. The minimum atomic E-state index is -0.535. The number of nitrogens with two attached hydrogens (primary N) is 1. The zero-order valence-corrected chi connectivity index (χ0v) is 16.4. The van der Waals surface area contributed by atoms with Crippen LogP contribution >= 0.6 is 0 Å². The summed E-state index contributed by atoms with van der Waals surface area (Å²) in [4.78, 5) is 12.3. The van der Waals surface area contributed by atoms with Crippen LogP contribution in [0.15, 0.2) is 42.9 Å². The van der Waals surface area contributed by atoms with Crippen molar-refractivity contribution in [1.82, 2.24) is 19.5 Å². The molecule has 0 unspecified atom stereocenters. The fourth-order valence-corrected chi connectivity index (χ4v) is 3.05. The van der Waals surface area contributed by atoms with Gasteiger partial charge in [0.25, 0.3) is 0 Å². The lowest BCUT2D eigenvalue weighted by Gasteiger charge is -2.16. The van der Waals surface area contributed by atoms with E-state index < -0.39 is 6.67 Å². The molecule has 6 nitrogen and oxygen atoms in total. The monoisotopic (exact) mass is 401 g/mol. The van der Waals surface area contributed by atoms with E-state index in [1.165, 1.54) is 37.5 Å². The molecule has 0 atom stereocenters. The van der Waals surface area contributed by atoms with Crippen LogP contribution in [-0.4, -0.2) is 39.4 Å². The number of nitrogen functional groups attached to an aromatic ring is 1. The first-order valence-electron chi connectivity index (χ1n) is 9.62. The first kappa shape index (κ1) is 20.9. The second kappa shape index (κ2) is 10.1. The van der Waals surface area contributed by atoms with Gasteiger partial charge in [-0.2, -0.15) is 0 Å². The van der Waals surface area contributed by atoms with Gasteiger partial charge < -0.3 is 15.0 Å². The van der Waals surface area contributed by atoms with Gasteiger partial charge in [-0.3, -0.25) is 0 Å². The lowest BCUT2D eigenvalue weighted by molar-refractivity contribution is 0.0716. The van der Waals surface area contributed by atoms with E-state index in [4.69, 9.17) is 10.5 Å². The number of benzene rings is 1. The summed E-state index contributed by atoms with van der Waals surface area (Å²) in [5.74, 6) is 0.698. The summed E-state index contributed by atoms with van der Waals surface area (Å²) >= 11 is 0. The molecule has 0 aliphatic carbocycles. The van der Waals surface area contributed by atoms with Crippen molar-refractivity contribution in [3.8, 4) is 22.6 Å². The molecule has 0 radical (unpaired) electrons. The maximum Gasteiger partial charge on any atom is 0.220 e. The van der Waals surface area contributed by atoms with Gasteiger partial charge in [-0.1, -0.05) is 6.92 Å². The fraction of sp³-hybridized carbons (Fsp3) is 0.381. The highest BCUT2D eigenvalue weighted by Crippen LogP contribution is 2.30. The third kappa shape index (κ3) is 5.57. The van der Waals surface area contributed by atoms with Crippen LogP contribution in [0, 0.1) is 11.7 Å². The largest absolute Gasteiger partial charge is 0.381 e. The molecule has 0 saturated carbocycles. The Morgan fingerprint density at radius 2 is 1.86 bits per heavy atom. The predicted octanol–water partition coefficient (Wildman–Crippen LogP) is 4.13. The zero-order chi connectivity index (χ0) is 20.6. The number of alkyl halides is 1. The number of aryl methyl sites for hydroxylation is 1. The van der Waals surface area contributed by atoms with Crippen molar-refractivity contribution < 1.29 is 13.5 Å². The smallest absolute Gasteiger partial charge is 0.220 e. The second-order valence-corrected chi connectivity index (χ2v) is 6.93. The van der Waals surface area contributed by atoms with Gasteiger partial charge in [-0.05, 0) is 49.1 Å². The van der Waals surface area contributed by atoms with Crippen LogP contribution in [0.4, 0.5) is 14.7 Å². The summed E-state index contributed by atoms with van der Waals surface area (Å²) in [6, 6.07) is 7.61. The van der Waals surface area contributed by atoms with E-state index in [0.717, 1.165) is 19.1 Å². The molecule has 8 heteroatoms. The summed E-state index contributed by atoms with van der Waals surface area (Å²) in [7, 11) is 0. The van der Waals surface area contributed by atoms with E-state index in [-0.39, 0.29) is 18.3 Å². The van der Waals surface area contributed by atoms with Crippen LogP contribution in [0.3, 0.4) is 0 Å². The highest BCUT2D eigenvalue weighted by atomic mass is 19.1. The summed E-state index contributed by atoms with van der Waals surface area (Å²) in [5, 5.41) is 0. The number of nitrogens with zero attached hydrogens (tertiary/aromatic N) is 4. The average molecular weight is 401 g/mol. The Balaban J connectivity index is 0.000000290. The van der Waals surface area contributed by atoms with Crippen LogP contribution in [0.1, 0.15) is 19.8 Å². The molecule has 4 rings (SSSR count). The van der Waals surface area contributed by atoms with Crippen LogP contribution in [-0.2, 0) is 11.3 Å². The Labute approximate surface area is 168 Å². The first-order valence-corrected chi connectivity index (χ1v) is 9.62. The van der Waals surface area contributed by atoms with Crippen molar-refractivity contribution in [3.05, 3.63) is 48.7 Å². The molecule has 1 aliphatic rings. The number of ether oxygens (including phenoxy) is 1. The van der Waals surface area contributed by atoms with Crippen molar-refractivity contribution >= 4 is 5.95 Å². The molecule has 1 fully saturated rings. The quantitative estimate of drug-likeness (QED) is 0.711. The SMILES string of the molecule is CC1CCOCC1.Nc1nccc(-c2c(-c3ccc(F)cc3)ncn2CCF)n1. The molecule has 1 aromatic carbocycles. The van der Waals surface area contributed by atoms with Crippen molar-refractivity contribution in [3.63, 3.8) is 0 Å². The Hall–Kier alpha value is -2.87. The van der Waals surface area contributed by atoms with Crippen molar-refractivity contribution in [2.24, 2.45) is 5.92 Å². The van der Waals surface area contributed by atoms with Gasteiger partial charge in [0.05, 0.1) is 30.0 Å². The van der Waals surface area contributed by atoms with E-state index >= 15 is 0 Å². The van der Waals surface area contributed by atoms with Gasteiger partial charge in [0.15, 0.2) is 0 Å². The summed E-state index contributed by atoms with van der Waals surface area (Å²) in [5.41, 5.74) is 8.09. The average Bonchev–Trinajstić information content (AvgIpc) is 3.14. The van der Waals surface area contributed by atoms with Gasteiger partial charge in [-0.15, -0.1) is 0 Å². The van der Waals surface area contributed by atoms with E-state index in [1.807, 2.05) is 0 Å². The second-order valence-electron chi connectivity index (χ2n) is 6.93. The van der Waals surface area contributed by atoms with E-state index in [1.54, 1.807) is 22.8 Å². The van der Waals surface area contributed by atoms with Crippen LogP contribution in [0.25, 0.3) is 22.6 Å². The molecular weight excluding hydrogens is 376 g/mol. The molecule has 154 valence electrons. The van der Waals surface area contributed by atoms with Crippen LogP contribution < -0.4 is 5.73 Å². The third-order valence-electron chi connectivity index (χ3n) is 4.71. The molecule has 3 heterocycles. The van der Waals surface area contributed by atoms with Gasteiger partial charge in [0.2, 0.25) is 5.95 Å². The van der Waals surface area contributed by atoms with Gasteiger partial charge in [0.1, 0.15) is 12.5 Å². The number of imidazole rings is 1. The highest BCUT2D eigenvalue weighted by Gasteiger charge is 2.16. The minimum absolute atomic E-state index is 0.121. The number of aromatic nitrogens is 4. The first-order chi connectivity index (χ1) is 14.1. The summed E-state index contributed by atoms with van der Waals surface area (Å²) < 4.78 is 32.6. The molecule has 0 spiro atoms. The zero-order valence-electron chi connectivity index (χ0n) is 16.4. The lowest BCUT2D eigenvalue weighted by atomic mass is 10.0. The van der Waals surface area contributed by atoms with Gasteiger partial charge in [0, 0.05) is 25.0 Å². The van der Waals surface area contributed by atoms with E-state index in [0.29, 0.717) is 22.6 Å². The highest BCUT2D eigenvalue weighted by molar-refractivity contribution is 5.77. The maximum absolute atomic E-state index is 13.1. The summed E-state index contributed by atoms with van der Waals surface area (Å²) in [6.45, 7) is 3.87. The lowest BCUT2D eigenvalue weighted by Crippen LogP contribution is -2.12. The Kier molecular flexibility index (Phi) is 7.24. The standard InChI is InChI=1S/C15H13F2N5.C6H12O/c16-6-8-22-9-20-13(10-1-3-11(17)4-2-10)14(22)12-5-7-19-15(18)21-12;1-6-2-4-7-5-3-6/h1-5,7,9H,6,8H2,(H2,18,19,21);6H,2-5H2,1H3. The Morgan fingerprint density at radius 1 is 1.14 bits per heavy atom. The topological polar surface area (TPSA) is 78.9 Å². The van der Waals surface area contributed by atoms with Crippen molar-refractivity contribution in [2.45, 2.75) is 26.3 Å². The number of rotatable bonds is 4. The number of halogens is 2. The van der Waals surface area contributed by atoms with E-state index in [9.17, 15) is 8.78 Å². The molecule has 29 heavy (non-hydrogen) atoms. The van der Waals surface area contributed by atoms with Gasteiger partial charge >= 0.3 is 0 Å². The fourth-order valence-electron chi connectivity index (χ4n) is 3.05. The van der Waals surface area contributed by atoms with E-state index in [2.05, 4.69) is 21.9 Å². The number of hydrogen-bond acceptors (Lipinski definition) is 5. The minimum Gasteiger partial charge on any atom is -0.381 e. The maximum atomic E-state index is 13.1. The number of anilines is 1. The predicted molar refractivity (Wildman–Crippen MR) is 108 cm³/mol.